The number of nitrogens with one attached hydrogen (secondary N) is 1. The fraction of sp³-hybridized carbons (Fsp3) is 0.533. The molecule has 1 N–H and O–H groups in total. The van der Waals surface area contributed by atoms with Crippen LogP contribution in [0.5, 0.6) is 0 Å². The molecule has 0 fully saturated rings. The number of halogens is 3. The van der Waals surface area contributed by atoms with Gasteiger partial charge in [-0.15, -0.1) is 0 Å². The van der Waals surface area contributed by atoms with Crippen LogP contribution in [0, 0.1) is 0 Å². The van der Waals surface area contributed by atoms with Crippen molar-refractivity contribution in [3.05, 3.63) is 29.3 Å². The third-order valence-electron chi connectivity index (χ3n) is 3.10. The van der Waals surface area contributed by atoms with Crippen molar-refractivity contribution in [3.8, 4) is 0 Å². The van der Waals surface area contributed by atoms with E-state index in [9.17, 15) is 18.0 Å². The van der Waals surface area contributed by atoms with Crippen molar-refractivity contribution in [2.45, 2.75) is 33.4 Å². The van der Waals surface area contributed by atoms with E-state index in [0.29, 0.717) is 19.6 Å². The van der Waals surface area contributed by atoms with E-state index in [4.69, 9.17) is 0 Å². The van der Waals surface area contributed by atoms with Gasteiger partial charge in [-0.1, -0.05) is 6.92 Å². The molecule has 118 valence electrons. The minimum absolute atomic E-state index is 0.0000833. The Morgan fingerprint density at radius 3 is 2.38 bits per heavy atom. The predicted octanol–water partition coefficient (Wildman–Crippen LogP) is 4.01. The maximum absolute atomic E-state index is 13.1. The van der Waals surface area contributed by atoms with Crippen LogP contribution in [0.25, 0.3) is 0 Å². The van der Waals surface area contributed by atoms with E-state index in [1.807, 2.05) is 13.8 Å². The van der Waals surface area contributed by atoms with Crippen molar-refractivity contribution < 1.29 is 18.0 Å². The highest BCUT2D eigenvalue weighted by molar-refractivity contribution is 5.95. The van der Waals surface area contributed by atoms with Gasteiger partial charge < -0.3 is 10.2 Å². The fourth-order valence-corrected chi connectivity index (χ4v) is 2.11. The number of alkyl halides is 3. The first kappa shape index (κ1) is 17.3. The number of carbonyl (C=O) groups is 1. The van der Waals surface area contributed by atoms with Crippen molar-refractivity contribution in [1.29, 1.82) is 0 Å². The van der Waals surface area contributed by atoms with Crippen molar-refractivity contribution in [2.24, 2.45) is 0 Å². The molecule has 0 unspecified atom stereocenters. The number of hydrogen-bond donors (Lipinski definition) is 1. The summed E-state index contributed by atoms with van der Waals surface area (Å²) in [7, 11) is 0. The standard InChI is InChI=1S/C15H21F3N2O/c1-4-9-20(6-3)14(21)11-7-8-13(19-5-2)12(10-11)15(16,17)18/h7-8,10,19H,4-6,9H2,1-3H3. The second-order valence-corrected chi connectivity index (χ2v) is 4.67. The SMILES string of the molecule is CCCN(CC)C(=O)c1ccc(NCC)c(C(F)(F)F)c1. The van der Waals surface area contributed by atoms with E-state index >= 15 is 0 Å². The van der Waals surface area contributed by atoms with Crippen molar-refractivity contribution in [2.75, 3.05) is 25.0 Å². The average molecular weight is 302 g/mol. The molecule has 0 aliphatic carbocycles. The van der Waals surface area contributed by atoms with Gasteiger partial charge in [0, 0.05) is 30.9 Å². The molecule has 0 spiro atoms. The van der Waals surface area contributed by atoms with Crippen molar-refractivity contribution in [3.63, 3.8) is 0 Å². The molecule has 1 aromatic carbocycles. The number of nitrogens with zero attached hydrogens (tertiary/aromatic N) is 1. The number of rotatable bonds is 6. The summed E-state index contributed by atoms with van der Waals surface area (Å²) >= 11 is 0. The number of carbonyl (C=O) groups excluding carboxylic acids is 1. The molecule has 1 amide bonds. The maximum Gasteiger partial charge on any atom is 0.418 e. The van der Waals surface area contributed by atoms with Crippen LogP contribution in [-0.2, 0) is 6.18 Å². The minimum Gasteiger partial charge on any atom is -0.385 e. The zero-order valence-corrected chi connectivity index (χ0v) is 12.5. The normalized spacial score (nSPS) is 11.3. The summed E-state index contributed by atoms with van der Waals surface area (Å²) in [4.78, 5) is 13.8. The molecule has 1 rings (SSSR count). The summed E-state index contributed by atoms with van der Waals surface area (Å²) in [6, 6.07) is 3.69. The monoisotopic (exact) mass is 302 g/mol. The first-order valence-electron chi connectivity index (χ1n) is 7.09. The third kappa shape index (κ3) is 4.37. The Bertz CT molecular complexity index is 486. The zero-order valence-electron chi connectivity index (χ0n) is 12.5. The lowest BCUT2D eigenvalue weighted by Crippen LogP contribution is -2.31. The van der Waals surface area contributed by atoms with Crippen LogP contribution in [0.3, 0.4) is 0 Å². The number of benzene rings is 1. The van der Waals surface area contributed by atoms with Crippen LogP contribution in [0.4, 0.5) is 18.9 Å². The van der Waals surface area contributed by atoms with E-state index in [1.54, 1.807) is 11.8 Å². The highest BCUT2D eigenvalue weighted by Crippen LogP contribution is 2.35. The van der Waals surface area contributed by atoms with E-state index in [2.05, 4.69) is 5.32 Å². The summed E-state index contributed by atoms with van der Waals surface area (Å²) in [6.45, 7) is 6.85. The molecular formula is C15H21F3N2O. The molecule has 0 bridgehead atoms. The van der Waals surface area contributed by atoms with Gasteiger partial charge in [-0.05, 0) is 38.5 Å². The van der Waals surface area contributed by atoms with E-state index in [1.165, 1.54) is 12.1 Å². The Kier molecular flexibility index (Phi) is 6.05. The topological polar surface area (TPSA) is 32.3 Å². The predicted molar refractivity (Wildman–Crippen MR) is 77.5 cm³/mol. The van der Waals surface area contributed by atoms with Crippen molar-refractivity contribution in [1.82, 2.24) is 4.90 Å². The number of anilines is 1. The Morgan fingerprint density at radius 2 is 1.90 bits per heavy atom. The largest absolute Gasteiger partial charge is 0.418 e. The highest BCUT2D eigenvalue weighted by Gasteiger charge is 2.34. The Labute approximate surface area is 123 Å². The molecule has 0 radical (unpaired) electrons. The Hall–Kier alpha value is -1.72. The van der Waals surface area contributed by atoms with Crippen LogP contribution in [0.15, 0.2) is 18.2 Å². The molecule has 0 saturated heterocycles. The average Bonchev–Trinajstić information content (AvgIpc) is 2.43. The lowest BCUT2D eigenvalue weighted by atomic mass is 10.1. The fourth-order valence-electron chi connectivity index (χ4n) is 2.11. The van der Waals surface area contributed by atoms with Gasteiger partial charge in [0.05, 0.1) is 5.56 Å². The van der Waals surface area contributed by atoms with Crippen LogP contribution in [0.1, 0.15) is 43.1 Å². The molecule has 0 aliphatic heterocycles. The van der Waals surface area contributed by atoms with Crippen molar-refractivity contribution >= 4 is 11.6 Å². The molecule has 21 heavy (non-hydrogen) atoms. The molecule has 0 heterocycles. The van der Waals surface area contributed by atoms with Gasteiger partial charge in [0.1, 0.15) is 0 Å². The molecule has 0 saturated carbocycles. The molecular weight excluding hydrogens is 281 g/mol. The molecule has 0 atom stereocenters. The molecule has 6 heteroatoms. The zero-order chi connectivity index (χ0) is 16.0. The second-order valence-electron chi connectivity index (χ2n) is 4.67. The number of amides is 1. The second kappa shape index (κ2) is 7.33. The first-order chi connectivity index (χ1) is 9.85. The summed E-state index contributed by atoms with van der Waals surface area (Å²) < 4.78 is 39.2. The summed E-state index contributed by atoms with van der Waals surface area (Å²) in [5.74, 6) is -0.368. The van der Waals surface area contributed by atoms with E-state index in [0.717, 1.165) is 12.5 Å². The Morgan fingerprint density at radius 1 is 1.24 bits per heavy atom. The Balaban J connectivity index is 3.18. The van der Waals surface area contributed by atoms with E-state index < -0.39 is 11.7 Å². The highest BCUT2D eigenvalue weighted by atomic mass is 19.4. The molecule has 3 nitrogen and oxygen atoms in total. The van der Waals surface area contributed by atoms with Gasteiger partial charge in [0.2, 0.25) is 0 Å². The summed E-state index contributed by atoms with van der Waals surface area (Å²) in [5, 5.41) is 2.67. The van der Waals surface area contributed by atoms with Gasteiger partial charge in [0.25, 0.3) is 5.91 Å². The van der Waals surface area contributed by atoms with Crippen LogP contribution in [0.2, 0.25) is 0 Å². The van der Waals surface area contributed by atoms with Gasteiger partial charge in [-0.2, -0.15) is 13.2 Å². The van der Waals surface area contributed by atoms with Gasteiger partial charge >= 0.3 is 6.18 Å². The maximum atomic E-state index is 13.1. The third-order valence-corrected chi connectivity index (χ3v) is 3.10. The summed E-state index contributed by atoms with van der Waals surface area (Å²) in [6.07, 6.45) is -3.73. The van der Waals surface area contributed by atoms with Crippen LogP contribution >= 0.6 is 0 Å². The molecule has 0 aromatic heterocycles. The lowest BCUT2D eigenvalue weighted by molar-refractivity contribution is -0.137. The van der Waals surface area contributed by atoms with Gasteiger partial charge in [-0.3, -0.25) is 4.79 Å². The lowest BCUT2D eigenvalue weighted by Gasteiger charge is -2.21. The first-order valence-corrected chi connectivity index (χ1v) is 7.09. The summed E-state index contributed by atoms with van der Waals surface area (Å²) in [5.41, 5.74) is -0.734. The van der Waals surface area contributed by atoms with Gasteiger partial charge in [0.15, 0.2) is 0 Å². The van der Waals surface area contributed by atoms with E-state index in [-0.39, 0.29) is 17.2 Å². The quantitative estimate of drug-likeness (QED) is 0.861. The number of hydrogen-bond acceptors (Lipinski definition) is 2. The molecule has 1 aromatic rings. The van der Waals surface area contributed by atoms with Crippen LogP contribution in [-0.4, -0.2) is 30.4 Å². The van der Waals surface area contributed by atoms with Crippen LogP contribution < -0.4 is 5.32 Å². The smallest absolute Gasteiger partial charge is 0.385 e. The minimum atomic E-state index is -4.49. The van der Waals surface area contributed by atoms with Gasteiger partial charge in [-0.25, -0.2) is 0 Å². The molecule has 0 aliphatic rings.